The van der Waals surface area contributed by atoms with E-state index in [1.165, 1.54) is 57.4 Å². The Morgan fingerprint density at radius 2 is 1.36 bits per heavy atom. The molecule has 0 saturated carbocycles. The van der Waals surface area contributed by atoms with E-state index in [0.717, 1.165) is 11.1 Å². The van der Waals surface area contributed by atoms with Gasteiger partial charge in [0.05, 0.1) is 55.0 Å². The zero-order valence-electron chi connectivity index (χ0n) is 65.0. The van der Waals surface area contributed by atoms with E-state index in [1.54, 1.807) is 97.7 Å². The molecule has 0 aromatic heterocycles. The van der Waals surface area contributed by atoms with Gasteiger partial charge in [0.25, 0.3) is 5.91 Å². The highest BCUT2D eigenvalue weighted by Gasteiger charge is 2.44. The number of aliphatic hydroxyl groups is 1. The molecule has 3 aromatic rings. The smallest absolute Gasteiger partial charge is 0.410 e. The van der Waals surface area contributed by atoms with E-state index in [4.69, 9.17) is 24.8 Å². The quantitative estimate of drug-likeness (QED) is 0.0205. The molecule has 3 aromatic carbocycles. The number of carboxylic acid groups (broad SMARTS) is 1. The summed E-state index contributed by atoms with van der Waals surface area (Å²) < 4.78 is 17.8. The number of aliphatic hydroxyl groups excluding tert-OH is 1. The predicted octanol–water partition coefficient (Wildman–Crippen LogP) is 4.85. The topological polar surface area (TPSA) is 430 Å². The lowest BCUT2D eigenvalue weighted by molar-refractivity contribution is -0.148. The number of ether oxygens (including phenoxy) is 3. The number of carboxylic acids is 1. The van der Waals surface area contributed by atoms with Gasteiger partial charge in [0.15, 0.2) is 6.61 Å². The summed E-state index contributed by atoms with van der Waals surface area (Å²) in [4.78, 5) is 158. The number of carbonyl (C=O) groups is 11. The fourth-order valence-corrected chi connectivity index (χ4v) is 12.9. The number of benzene rings is 3. The molecular weight excluding hydrogens is 1380 g/mol. The zero-order valence-corrected chi connectivity index (χ0v) is 65.0. The van der Waals surface area contributed by atoms with Gasteiger partial charge in [-0.2, -0.15) is 0 Å². The van der Waals surface area contributed by atoms with Gasteiger partial charge in [0, 0.05) is 58.7 Å². The molecule has 1 saturated heterocycles. The Morgan fingerprint density at radius 3 is 1.93 bits per heavy atom. The summed E-state index contributed by atoms with van der Waals surface area (Å²) in [6.45, 7) is 22.4. The van der Waals surface area contributed by atoms with Crippen LogP contribution in [0.25, 0.3) is 0 Å². The Labute approximate surface area is 628 Å². The van der Waals surface area contributed by atoms with Crippen LogP contribution in [0.3, 0.4) is 0 Å². The Hall–Kier alpha value is -9.46. The molecule has 31 nitrogen and oxygen atoms in total. The van der Waals surface area contributed by atoms with Crippen molar-refractivity contribution in [1.82, 2.24) is 51.9 Å². The number of methoxy groups -OCH3 is 2. The third-order valence-corrected chi connectivity index (χ3v) is 19.1. The lowest BCUT2D eigenvalue weighted by atomic mass is 9.89. The summed E-state index contributed by atoms with van der Waals surface area (Å²) in [5.74, 6) is -8.11. The maximum atomic E-state index is 14.9. The Kier molecular flexibility index (Phi) is 37.0. The summed E-state index contributed by atoms with van der Waals surface area (Å²) in [5, 5.41) is 56.5. The summed E-state index contributed by atoms with van der Waals surface area (Å²) >= 11 is 0. The molecule has 13 N–H and O–H groups in total. The van der Waals surface area contributed by atoms with Crippen LogP contribution in [0.1, 0.15) is 157 Å². The summed E-state index contributed by atoms with van der Waals surface area (Å²) in [5.41, 5.74) is 7.47. The van der Waals surface area contributed by atoms with Crippen molar-refractivity contribution in [1.29, 1.82) is 0 Å². The molecule has 0 bridgehead atoms. The number of aromatic hydroxyl groups is 1. The van der Waals surface area contributed by atoms with Crippen LogP contribution in [0.5, 0.6) is 5.75 Å². The SMILES string of the molecule is CC[C@H](C)[C@@H]([C@@H](CC(=O)N1CCC[C@H]1[C@H](OC)[C@@H](C)C(=O)N[C@H](C)[C@@H](O)c1ccccc1)OC)N(C)C(=O)[C@@H](NC(=O)[C@H](C(C)C)N(C)C(=O)OCc1ccc(NC(=O)[C@H](CCCNC(N)=O)NC(=O)[C@@H](NC(=O)[C@H](C)NC(=O)CO/N=C/c2cc(C[C@H](NC(C)C)C(=O)O)ccc2O)C(C)C)cc1)C(C)C. The number of carbonyl (C=O) groups excluding carboxylic acids is 10. The van der Waals surface area contributed by atoms with Crippen LogP contribution >= 0.6 is 0 Å². The lowest BCUT2D eigenvalue weighted by Crippen LogP contribution is -2.60. The van der Waals surface area contributed by atoms with Crippen LogP contribution < -0.4 is 48.3 Å². The number of urea groups is 1. The van der Waals surface area contributed by atoms with E-state index in [0.29, 0.717) is 42.5 Å². The minimum absolute atomic E-state index is 0.00414. The second-order valence-corrected chi connectivity index (χ2v) is 28.8. The number of rotatable bonds is 43. The number of hydrogen-bond donors (Lipinski definition) is 12. The second kappa shape index (κ2) is 44.0. The van der Waals surface area contributed by atoms with Gasteiger partial charge in [-0.3, -0.25) is 48.1 Å². The molecule has 11 amide bonds. The number of primary amides is 1. The largest absolute Gasteiger partial charge is 0.507 e. The molecular formula is C76H117N13O18. The van der Waals surface area contributed by atoms with E-state index < -0.39 is 157 Å². The third kappa shape index (κ3) is 27.7. The van der Waals surface area contributed by atoms with Gasteiger partial charge in [-0.1, -0.05) is 136 Å². The minimum Gasteiger partial charge on any atom is -0.507 e. The minimum atomic E-state index is -1.22. The van der Waals surface area contributed by atoms with Crippen LogP contribution in [0, 0.1) is 29.6 Å². The first-order valence-corrected chi connectivity index (χ1v) is 36.6. The molecule has 4 rings (SSSR count). The molecule has 1 fully saturated rings. The summed E-state index contributed by atoms with van der Waals surface area (Å²) in [6, 6.07) is 10.4. The number of phenols is 1. The molecule has 31 heteroatoms. The maximum Gasteiger partial charge on any atom is 0.410 e. The number of nitrogens with two attached hydrogens (primary N) is 1. The van der Waals surface area contributed by atoms with Crippen molar-refractivity contribution >= 4 is 77.3 Å². The fraction of sp³-hybridized carbons (Fsp3) is 0.605. The van der Waals surface area contributed by atoms with E-state index >= 15 is 0 Å². The van der Waals surface area contributed by atoms with Crippen molar-refractivity contribution in [3.63, 3.8) is 0 Å². The normalized spacial score (nSPS) is 16.7. The second-order valence-electron chi connectivity index (χ2n) is 28.8. The summed E-state index contributed by atoms with van der Waals surface area (Å²) in [7, 11) is 6.04. The van der Waals surface area contributed by atoms with Gasteiger partial charge in [-0.15, -0.1) is 0 Å². The first kappa shape index (κ1) is 89.9. The van der Waals surface area contributed by atoms with Crippen LogP contribution in [-0.4, -0.2) is 222 Å². The third-order valence-electron chi connectivity index (χ3n) is 19.1. The average Bonchev–Trinajstić information content (AvgIpc) is 1.79. The average molecular weight is 1500 g/mol. The van der Waals surface area contributed by atoms with Crippen molar-refractivity contribution in [2.24, 2.45) is 40.5 Å². The number of likely N-dealkylation sites (tertiary alicyclic amines) is 1. The highest BCUT2D eigenvalue weighted by Crippen LogP contribution is 2.31. The van der Waals surface area contributed by atoms with Crippen molar-refractivity contribution in [2.75, 3.05) is 53.3 Å². The van der Waals surface area contributed by atoms with E-state index in [-0.39, 0.29) is 79.6 Å². The number of hydrogen-bond acceptors (Lipinski definition) is 19. The molecule has 1 heterocycles. The summed E-state index contributed by atoms with van der Waals surface area (Å²) in [6.07, 6.45) is -0.0893. The van der Waals surface area contributed by atoms with E-state index in [2.05, 4.69) is 47.7 Å². The van der Waals surface area contributed by atoms with Crippen LogP contribution in [-0.2, 0) is 75.2 Å². The van der Waals surface area contributed by atoms with Gasteiger partial charge < -0.3 is 92.4 Å². The molecule has 0 spiro atoms. The Bertz CT molecular complexity index is 3450. The number of nitrogens with zero attached hydrogens (tertiary/aromatic N) is 4. The Balaban J connectivity index is 1.37. The zero-order chi connectivity index (χ0) is 80.1. The molecule has 0 aliphatic carbocycles. The number of amides is 11. The molecule has 0 radical (unpaired) electrons. The van der Waals surface area contributed by atoms with Gasteiger partial charge in [0.1, 0.15) is 48.6 Å². The molecule has 594 valence electrons. The molecule has 14 atom stereocenters. The highest BCUT2D eigenvalue weighted by atomic mass is 16.6. The first-order chi connectivity index (χ1) is 50.5. The number of likely N-dealkylation sites (N-methyl/N-ethyl adjacent to an activating group) is 2. The van der Waals surface area contributed by atoms with Gasteiger partial charge in [-0.25, -0.2) is 9.59 Å². The van der Waals surface area contributed by atoms with Crippen molar-refractivity contribution in [2.45, 2.75) is 220 Å². The van der Waals surface area contributed by atoms with Gasteiger partial charge in [-0.05, 0) is 111 Å². The molecule has 0 unspecified atom stereocenters. The van der Waals surface area contributed by atoms with E-state index in [1.807, 2.05) is 45.9 Å². The number of aliphatic carboxylic acids is 1. The number of anilines is 1. The predicted molar refractivity (Wildman–Crippen MR) is 402 cm³/mol. The van der Waals surface area contributed by atoms with Gasteiger partial charge in [0.2, 0.25) is 41.4 Å². The van der Waals surface area contributed by atoms with Crippen LogP contribution in [0.15, 0.2) is 78.0 Å². The van der Waals surface area contributed by atoms with Crippen molar-refractivity contribution < 1.29 is 87.1 Å². The van der Waals surface area contributed by atoms with Crippen LogP contribution in [0.4, 0.5) is 15.3 Å². The van der Waals surface area contributed by atoms with Crippen molar-refractivity contribution in [3.05, 3.63) is 95.1 Å². The maximum absolute atomic E-state index is 14.9. The monoisotopic (exact) mass is 1500 g/mol. The molecule has 1 aliphatic rings. The van der Waals surface area contributed by atoms with Crippen LogP contribution in [0.2, 0.25) is 0 Å². The number of oxime groups is 1. The number of nitrogens with one attached hydrogen (secondary N) is 8. The van der Waals surface area contributed by atoms with Crippen molar-refractivity contribution in [3.8, 4) is 5.75 Å². The highest BCUT2D eigenvalue weighted by molar-refractivity contribution is 5.99. The molecule has 1 aliphatic heterocycles. The standard InChI is InChI=1S/C76H117N13O18/c1-18-46(10)65(59(104-16)38-61(92)89-35-23-27-57(89)67(105-17)47(11)68(94)82-48(12)66(93)52-24-20-19-21-25-52)87(14)73(99)63(43(4)5)86-72(98)64(44(6)7)88(15)76(103)106-40-50-28-31-54(32-29-50)83-70(96)55(26-22-34-78-75(77)102)84-71(97)62(42(2)3)85-69(95)49(13)81-60(91)41-107-79-39-53-36-51(30-33-58(53)90)37-56(74(100)101)80-45(8)9/h19-21,24-25,28-33,36,39,42-49,55-57,59,62-67,80,90,93H,18,22-23,26-27,34-35,37-38,40-41H2,1-17H3,(H,81,91)(H,82,94)(H,83,96)(H,84,97)(H,85,95)(H,86,98)(H,100,101)(H3,77,78,102)/b79-39+/t46-,47+,48+,49-,55-,56-,57-,59+,62-,63-,64-,65-,66+,67+/m0/s1. The van der Waals surface area contributed by atoms with E-state index in [9.17, 15) is 68.1 Å². The molecule has 107 heavy (non-hydrogen) atoms. The lowest BCUT2D eigenvalue weighted by Gasteiger charge is -2.41. The van der Waals surface area contributed by atoms with Gasteiger partial charge >= 0.3 is 18.1 Å². The number of phenolic OH excluding ortho intramolecular Hbond substituents is 1. The Morgan fingerprint density at radius 1 is 0.720 bits per heavy atom. The first-order valence-electron chi connectivity index (χ1n) is 36.6. The fourth-order valence-electron chi connectivity index (χ4n) is 12.9.